The Bertz CT molecular complexity index is 665. The number of hydrogen-bond donors (Lipinski definition) is 1. The molecule has 1 aliphatic heterocycles. The molecule has 24 heavy (non-hydrogen) atoms. The summed E-state index contributed by atoms with van der Waals surface area (Å²) < 4.78 is 2.23. The summed E-state index contributed by atoms with van der Waals surface area (Å²) in [6.45, 7) is 6.74. The van der Waals surface area contributed by atoms with Crippen LogP contribution >= 0.6 is 0 Å². The van der Waals surface area contributed by atoms with Crippen LogP contribution in [0.1, 0.15) is 43.0 Å². The molecule has 0 aliphatic carbocycles. The van der Waals surface area contributed by atoms with Gasteiger partial charge in [-0.05, 0) is 46.1 Å². The number of imidazole rings is 1. The Kier molecular flexibility index (Phi) is 5.45. The molecular weight excluding hydrogens is 300 g/mol. The molecule has 1 atom stereocenters. The Labute approximate surface area is 144 Å². The average molecular weight is 328 g/mol. The van der Waals surface area contributed by atoms with Gasteiger partial charge in [-0.1, -0.05) is 0 Å². The van der Waals surface area contributed by atoms with Crippen molar-refractivity contribution in [3.05, 3.63) is 35.8 Å². The molecule has 2 aromatic heterocycles. The molecule has 1 unspecified atom stereocenters. The molecule has 6 nitrogen and oxygen atoms in total. The number of nitrogens with two attached hydrogens (primary N) is 1. The van der Waals surface area contributed by atoms with Gasteiger partial charge in [-0.3, -0.25) is 0 Å². The van der Waals surface area contributed by atoms with E-state index in [-0.39, 0.29) is 0 Å². The van der Waals surface area contributed by atoms with Gasteiger partial charge in [0.05, 0.1) is 0 Å². The van der Waals surface area contributed by atoms with E-state index in [2.05, 4.69) is 38.6 Å². The first-order chi connectivity index (χ1) is 11.7. The molecule has 2 aromatic rings. The molecule has 3 rings (SSSR count). The lowest BCUT2D eigenvalue weighted by atomic mass is 9.99. The van der Waals surface area contributed by atoms with Crippen LogP contribution in [0.15, 0.2) is 18.5 Å². The zero-order chi connectivity index (χ0) is 16.9. The Hall–Kier alpha value is -1.95. The summed E-state index contributed by atoms with van der Waals surface area (Å²) >= 11 is 0. The van der Waals surface area contributed by atoms with Crippen molar-refractivity contribution in [2.24, 2.45) is 5.73 Å². The second-order valence-corrected chi connectivity index (χ2v) is 6.60. The van der Waals surface area contributed by atoms with Crippen molar-refractivity contribution in [2.45, 2.75) is 58.5 Å². The van der Waals surface area contributed by atoms with E-state index < -0.39 is 0 Å². The maximum absolute atomic E-state index is 5.70. The van der Waals surface area contributed by atoms with Gasteiger partial charge in [-0.25, -0.2) is 15.0 Å². The smallest absolute Gasteiger partial charge is 0.132 e. The van der Waals surface area contributed by atoms with E-state index in [9.17, 15) is 0 Å². The molecule has 0 saturated carbocycles. The van der Waals surface area contributed by atoms with Crippen molar-refractivity contribution in [3.8, 4) is 0 Å². The monoisotopic (exact) mass is 328 g/mol. The van der Waals surface area contributed by atoms with Gasteiger partial charge in [-0.15, -0.1) is 0 Å². The van der Waals surface area contributed by atoms with E-state index in [0.717, 1.165) is 49.1 Å². The summed E-state index contributed by atoms with van der Waals surface area (Å²) in [5, 5.41) is 0. The summed E-state index contributed by atoms with van der Waals surface area (Å²) in [7, 11) is 0. The van der Waals surface area contributed by atoms with Gasteiger partial charge < -0.3 is 15.2 Å². The molecule has 1 saturated heterocycles. The lowest BCUT2D eigenvalue weighted by Crippen LogP contribution is -2.41. The first-order valence-electron chi connectivity index (χ1n) is 8.96. The normalized spacial score (nSPS) is 18.1. The highest BCUT2D eigenvalue weighted by molar-refractivity contribution is 5.42. The van der Waals surface area contributed by atoms with E-state index in [4.69, 9.17) is 10.7 Å². The lowest BCUT2D eigenvalue weighted by molar-refractivity contribution is 0.412. The second kappa shape index (κ2) is 7.75. The molecular formula is C18H28N6. The number of aromatic nitrogens is 4. The van der Waals surface area contributed by atoms with E-state index in [0.29, 0.717) is 12.6 Å². The zero-order valence-electron chi connectivity index (χ0n) is 14.8. The molecule has 1 aliphatic rings. The summed E-state index contributed by atoms with van der Waals surface area (Å²) in [4.78, 5) is 16.0. The highest BCUT2D eigenvalue weighted by Crippen LogP contribution is 2.26. The third kappa shape index (κ3) is 3.93. The molecule has 0 spiro atoms. The Morgan fingerprint density at radius 2 is 2.12 bits per heavy atom. The third-order valence-electron chi connectivity index (χ3n) is 4.83. The average Bonchev–Trinajstić information content (AvgIpc) is 2.98. The maximum atomic E-state index is 5.70. The number of anilines is 1. The van der Waals surface area contributed by atoms with E-state index in [1.54, 1.807) is 0 Å². The molecule has 0 amide bonds. The third-order valence-corrected chi connectivity index (χ3v) is 4.83. The molecule has 2 N–H and O–H groups in total. The first-order valence-corrected chi connectivity index (χ1v) is 8.96. The zero-order valence-corrected chi connectivity index (χ0v) is 14.8. The second-order valence-electron chi connectivity index (χ2n) is 6.60. The van der Waals surface area contributed by atoms with Gasteiger partial charge >= 0.3 is 0 Å². The van der Waals surface area contributed by atoms with Crippen molar-refractivity contribution in [3.63, 3.8) is 0 Å². The van der Waals surface area contributed by atoms with Crippen LogP contribution in [0.5, 0.6) is 0 Å². The van der Waals surface area contributed by atoms with Crippen LogP contribution in [-0.4, -0.2) is 38.7 Å². The van der Waals surface area contributed by atoms with Crippen LogP contribution in [0, 0.1) is 13.8 Å². The molecule has 3 heterocycles. The predicted octanol–water partition coefficient (Wildman–Crippen LogP) is 2.24. The fourth-order valence-corrected chi connectivity index (χ4v) is 3.57. The molecule has 0 radical (unpaired) electrons. The maximum Gasteiger partial charge on any atom is 0.132 e. The predicted molar refractivity (Wildman–Crippen MR) is 96.1 cm³/mol. The first kappa shape index (κ1) is 16.9. The van der Waals surface area contributed by atoms with Gasteiger partial charge in [0.2, 0.25) is 0 Å². The number of rotatable bonds is 6. The standard InChI is InChI=1S/C18H28N6/c1-14-21-16(6-8-19)13-18(22-14)24-10-4-3-5-17(24)7-11-23-12-9-20-15(23)2/h9,12-13,17H,3-8,10-11,19H2,1-2H3. The largest absolute Gasteiger partial charge is 0.353 e. The van der Waals surface area contributed by atoms with Crippen LogP contribution in [0.3, 0.4) is 0 Å². The minimum Gasteiger partial charge on any atom is -0.353 e. The van der Waals surface area contributed by atoms with Gasteiger partial charge in [0.15, 0.2) is 0 Å². The summed E-state index contributed by atoms with van der Waals surface area (Å²) in [5.74, 6) is 2.99. The Morgan fingerprint density at radius 3 is 2.88 bits per heavy atom. The fraction of sp³-hybridized carbons (Fsp3) is 0.611. The summed E-state index contributed by atoms with van der Waals surface area (Å²) in [6.07, 6.45) is 9.62. The van der Waals surface area contributed by atoms with Crippen molar-refractivity contribution in [2.75, 3.05) is 18.0 Å². The molecule has 0 bridgehead atoms. The molecule has 130 valence electrons. The van der Waals surface area contributed by atoms with E-state index in [1.165, 1.54) is 19.3 Å². The number of nitrogens with zero attached hydrogens (tertiary/aromatic N) is 5. The molecule has 0 aromatic carbocycles. The lowest BCUT2D eigenvalue weighted by Gasteiger charge is -2.37. The van der Waals surface area contributed by atoms with E-state index in [1.807, 2.05) is 13.1 Å². The van der Waals surface area contributed by atoms with Crippen molar-refractivity contribution < 1.29 is 0 Å². The molecule has 6 heteroatoms. The van der Waals surface area contributed by atoms with Crippen LogP contribution in [0.25, 0.3) is 0 Å². The van der Waals surface area contributed by atoms with E-state index >= 15 is 0 Å². The Morgan fingerprint density at radius 1 is 1.25 bits per heavy atom. The van der Waals surface area contributed by atoms with Crippen LogP contribution < -0.4 is 10.6 Å². The number of hydrogen-bond acceptors (Lipinski definition) is 5. The van der Waals surface area contributed by atoms with Crippen LogP contribution in [-0.2, 0) is 13.0 Å². The minimum absolute atomic E-state index is 0.528. The number of piperidine rings is 1. The highest BCUT2D eigenvalue weighted by Gasteiger charge is 2.24. The van der Waals surface area contributed by atoms with Crippen LogP contribution in [0.4, 0.5) is 5.82 Å². The topological polar surface area (TPSA) is 72.9 Å². The van der Waals surface area contributed by atoms with Crippen molar-refractivity contribution >= 4 is 5.82 Å². The fourth-order valence-electron chi connectivity index (χ4n) is 3.57. The summed E-state index contributed by atoms with van der Waals surface area (Å²) in [6, 6.07) is 2.65. The number of aryl methyl sites for hydroxylation is 3. The minimum atomic E-state index is 0.528. The van der Waals surface area contributed by atoms with Gasteiger partial charge in [0, 0.05) is 49.7 Å². The summed E-state index contributed by atoms with van der Waals surface area (Å²) in [5.41, 5.74) is 6.75. The highest BCUT2D eigenvalue weighted by atomic mass is 15.2. The Balaban J connectivity index is 1.75. The van der Waals surface area contributed by atoms with Gasteiger partial charge in [0.1, 0.15) is 17.5 Å². The SMILES string of the molecule is Cc1nc(CCN)cc(N2CCCCC2CCn2ccnc2C)n1. The van der Waals surface area contributed by atoms with Crippen molar-refractivity contribution in [1.29, 1.82) is 0 Å². The van der Waals surface area contributed by atoms with Crippen molar-refractivity contribution in [1.82, 2.24) is 19.5 Å². The van der Waals surface area contributed by atoms with Crippen LogP contribution in [0.2, 0.25) is 0 Å². The quantitative estimate of drug-likeness (QED) is 0.880. The van der Waals surface area contributed by atoms with Gasteiger partial charge in [0.25, 0.3) is 0 Å². The van der Waals surface area contributed by atoms with Gasteiger partial charge in [-0.2, -0.15) is 0 Å². The molecule has 1 fully saturated rings.